The van der Waals surface area contributed by atoms with Crippen LogP contribution in [0.15, 0.2) is 53.1 Å². The van der Waals surface area contributed by atoms with Crippen molar-refractivity contribution >= 4 is 11.9 Å². The fraction of sp³-hybridized carbons (Fsp3) is 0.407. The second-order valence-corrected chi connectivity index (χ2v) is 9.28. The van der Waals surface area contributed by atoms with Gasteiger partial charge in [0.2, 0.25) is 17.6 Å². The predicted octanol–water partition coefficient (Wildman–Crippen LogP) is 4.19. The van der Waals surface area contributed by atoms with E-state index in [1.165, 1.54) is 10.5 Å². The molecule has 1 aliphatic carbocycles. The van der Waals surface area contributed by atoms with Gasteiger partial charge in [0.25, 0.3) is 0 Å². The van der Waals surface area contributed by atoms with Crippen LogP contribution in [0, 0.1) is 5.92 Å². The first-order chi connectivity index (χ1) is 17.6. The van der Waals surface area contributed by atoms with E-state index in [1.807, 2.05) is 24.3 Å². The van der Waals surface area contributed by atoms with Crippen molar-refractivity contribution in [3.05, 3.63) is 60.0 Å². The maximum Gasteiger partial charge on any atom is 0.324 e. The van der Waals surface area contributed by atoms with Gasteiger partial charge in [0.15, 0.2) is 11.5 Å². The molecule has 1 aromatic heterocycles. The molecule has 1 aliphatic heterocycles. The summed E-state index contributed by atoms with van der Waals surface area (Å²) in [7, 11) is 3.16. The third kappa shape index (κ3) is 4.78. The first-order valence-corrected chi connectivity index (χ1v) is 12.3. The second kappa shape index (κ2) is 10.4. The highest BCUT2D eigenvalue weighted by atomic mass is 16.5. The van der Waals surface area contributed by atoms with Crippen molar-refractivity contribution in [1.29, 1.82) is 0 Å². The molecule has 188 valence electrons. The van der Waals surface area contributed by atoms with Crippen LogP contribution < -0.4 is 14.8 Å². The van der Waals surface area contributed by atoms with Crippen LogP contribution in [0.2, 0.25) is 0 Å². The van der Waals surface area contributed by atoms with Crippen molar-refractivity contribution in [3.63, 3.8) is 0 Å². The van der Waals surface area contributed by atoms with E-state index in [4.69, 9.17) is 14.0 Å². The average molecular weight is 491 g/mol. The molecule has 2 heterocycles. The number of ether oxygens (including phenoxy) is 2. The highest BCUT2D eigenvalue weighted by Crippen LogP contribution is 2.39. The Labute approximate surface area is 209 Å². The van der Waals surface area contributed by atoms with Crippen LogP contribution >= 0.6 is 0 Å². The summed E-state index contributed by atoms with van der Waals surface area (Å²) in [4.78, 5) is 31.9. The number of amides is 3. The molecule has 0 bridgehead atoms. The zero-order valence-corrected chi connectivity index (χ0v) is 20.5. The first kappa shape index (κ1) is 23.8. The molecule has 2 aromatic carbocycles. The van der Waals surface area contributed by atoms with Gasteiger partial charge in [-0.1, -0.05) is 35.5 Å². The highest BCUT2D eigenvalue weighted by Gasteiger charge is 2.45. The molecular formula is C27H30N4O5. The summed E-state index contributed by atoms with van der Waals surface area (Å²) in [6, 6.07) is 15.0. The molecule has 1 N–H and O–H groups in total. The maximum atomic E-state index is 13.1. The van der Waals surface area contributed by atoms with Crippen molar-refractivity contribution in [1.82, 2.24) is 20.4 Å². The van der Waals surface area contributed by atoms with E-state index >= 15 is 0 Å². The summed E-state index contributed by atoms with van der Waals surface area (Å²) in [5, 5.41) is 7.21. The number of hydrogen-bond acceptors (Lipinski definition) is 7. The van der Waals surface area contributed by atoms with Crippen LogP contribution in [0.1, 0.15) is 43.1 Å². The molecule has 3 unspecified atom stereocenters. The molecule has 0 spiro atoms. The Balaban J connectivity index is 1.21. The van der Waals surface area contributed by atoms with Crippen LogP contribution in [-0.2, 0) is 11.2 Å². The van der Waals surface area contributed by atoms with E-state index in [0.29, 0.717) is 42.6 Å². The van der Waals surface area contributed by atoms with Crippen molar-refractivity contribution < 1.29 is 23.6 Å². The summed E-state index contributed by atoms with van der Waals surface area (Å²) in [5.41, 5.74) is 1.95. The number of carbonyl (C=O) groups is 2. The first-order valence-electron chi connectivity index (χ1n) is 12.3. The van der Waals surface area contributed by atoms with Crippen LogP contribution in [-0.4, -0.2) is 53.8 Å². The smallest absolute Gasteiger partial charge is 0.324 e. The van der Waals surface area contributed by atoms with Crippen LogP contribution in [0.5, 0.6) is 11.5 Å². The number of imide groups is 1. The van der Waals surface area contributed by atoms with Gasteiger partial charge in [-0.25, -0.2) is 4.79 Å². The zero-order chi connectivity index (χ0) is 25.1. The molecule has 5 rings (SSSR count). The summed E-state index contributed by atoms with van der Waals surface area (Å²) >= 11 is 0. The van der Waals surface area contributed by atoms with Crippen LogP contribution in [0.3, 0.4) is 0 Å². The highest BCUT2D eigenvalue weighted by molar-refractivity contribution is 5.98. The SMILES string of the molecule is COc1ccc(-c2noc(C3CCC4C(=O)N(CCCc5ccccc5)C(=O)NC4C3)n2)cc1OC. The maximum absolute atomic E-state index is 13.1. The number of carbonyl (C=O) groups excluding carboxylic acids is 2. The van der Waals surface area contributed by atoms with Gasteiger partial charge in [0.1, 0.15) is 0 Å². The molecule has 36 heavy (non-hydrogen) atoms. The Bertz CT molecular complexity index is 1230. The predicted molar refractivity (Wildman–Crippen MR) is 132 cm³/mol. The van der Waals surface area contributed by atoms with Gasteiger partial charge in [-0.2, -0.15) is 4.98 Å². The Hall–Kier alpha value is -3.88. The summed E-state index contributed by atoms with van der Waals surface area (Å²) in [5.74, 6) is 1.86. The fourth-order valence-electron chi connectivity index (χ4n) is 5.18. The Morgan fingerprint density at radius 3 is 2.64 bits per heavy atom. The molecule has 3 atom stereocenters. The third-order valence-corrected chi connectivity index (χ3v) is 7.11. The number of nitrogens with zero attached hydrogens (tertiary/aromatic N) is 3. The number of hydrogen-bond donors (Lipinski definition) is 1. The van der Waals surface area contributed by atoms with Crippen molar-refractivity contribution in [3.8, 4) is 22.9 Å². The summed E-state index contributed by atoms with van der Waals surface area (Å²) in [6.45, 7) is 0.421. The van der Waals surface area contributed by atoms with E-state index in [2.05, 4.69) is 27.6 Å². The Morgan fingerprint density at radius 1 is 1.06 bits per heavy atom. The van der Waals surface area contributed by atoms with Gasteiger partial charge >= 0.3 is 6.03 Å². The van der Waals surface area contributed by atoms with E-state index in [9.17, 15) is 9.59 Å². The lowest BCUT2D eigenvalue weighted by atomic mass is 9.76. The number of rotatable bonds is 8. The lowest BCUT2D eigenvalue weighted by Gasteiger charge is -2.41. The normalized spacial score (nSPS) is 21.6. The molecule has 3 aromatic rings. The number of aryl methyl sites for hydroxylation is 1. The number of aromatic nitrogens is 2. The molecule has 2 fully saturated rings. The molecular weight excluding hydrogens is 460 g/mol. The molecule has 9 heteroatoms. The van der Waals surface area contributed by atoms with Crippen LogP contribution in [0.25, 0.3) is 11.4 Å². The van der Waals surface area contributed by atoms with Crippen molar-refractivity contribution in [2.24, 2.45) is 5.92 Å². The summed E-state index contributed by atoms with van der Waals surface area (Å²) < 4.78 is 16.3. The molecule has 9 nitrogen and oxygen atoms in total. The number of fused-ring (bicyclic) bond motifs is 1. The zero-order valence-electron chi connectivity index (χ0n) is 20.5. The standard InChI is InChI=1S/C27H30N4O5/c1-34-22-13-11-18(16-23(22)35-2)24-29-25(36-30-24)19-10-12-20-21(15-19)28-27(33)31(26(20)32)14-6-9-17-7-4-3-5-8-17/h3-5,7-8,11,13,16,19-21H,6,9-10,12,14-15H2,1-2H3,(H,28,33). The van der Waals surface area contributed by atoms with Crippen LogP contribution in [0.4, 0.5) is 4.79 Å². The van der Waals surface area contributed by atoms with E-state index in [1.54, 1.807) is 26.4 Å². The molecule has 1 saturated heterocycles. The minimum atomic E-state index is -0.313. The molecule has 0 radical (unpaired) electrons. The van der Waals surface area contributed by atoms with Gasteiger partial charge in [0.05, 0.1) is 20.1 Å². The summed E-state index contributed by atoms with van der Waals surface area (Å²) in [6.07, 6.45) is 3.57. The number of nitrogens with one attached hydrogen (secondary N) is 1. The van der Waals surface area contributed by atoms with Gasteiger partial charge in [0, 0.05) is 24.1 Å². The van der Waals surface area contributed by atoms with Crippen molar-refractivity contribution in [2.45, 2.75) is 44.1 Å². The van der Waals surface area contributed by atoms with Gasteiger partial charge in [-0.05, 0) is 55.9 Å². The fourth-order valence-corrected chi connectivity index (χ4v) is 5.18. The van der Waals surface area contributed by atoms with Crippen molar-refractivity contribution in [2.75, 3.05) is 20.8 Å². The largest absolute Gasteiger partial charge is 0.493 e. The van der Waals surface area contributed by atoms with E-state index in [-0.39, 0.29) is 29.8 Å². The number of benzene rings is 2. The number of methoxy groups -OCH3 is 2. The van der Waals surface area contributed by atoms with Gasteiger partial charge < -0.3 is 19.3 Å². The average Bonchev–Trinajstić information content (AvgIpc) is 3.41. The molecule has 1 saturated carbocycles. The van der Waals surface area contributed by atoms with Gasteiger partial charge in [-0.3, -0.25) is 9.69 Å². The third-order valence-electron chi connectivity index (χ3n) is 7.11. The number of urea groups is 1. The molecule has 2 aliphatic rings. The monoisotopic (exact) mass is 490 g/mol. The lowest BCUT2D eigenvalue weighted by Crippen LogP contribution is -2.61. The Kier molecular flexibility index (Phi) is 6.88. The second-order valence-electron chi connectivity index (χ2n) is 9.28. The minimum Gasteiger partial charge on any atom is -0.493 e. The topological polar surface area (TPSA) is 107 Å². The lowest BCUT2D eigenvalue weighted by molar-refractivity contribution is -0.136. The van der Waals surface area contributed by atoms with E-state index < -0.39 is 0 Å². The van der Waals surface area contributed by atoms with Gasteiger partial charge in [-0.15, -0.1) is 0 Å². The quantitative estimate of drug-likeness (QED) is 0.505. The Morgan fingerprint density at radius 2 is 1.86 bits per heavy atom. The minimum absolute atomic E-state index is 0.0228. The molecule has 3 amide bonds. The van der Waals surface area contributed by atoms with E-state index in [0.717, 1.165) is 24.8 Å².